The highest BCUT2D eigenvalue weighted by molar-refractivity contribution is 5.83. The molecule has 5 rings (SSSR count). The van der Waals surface area contributed by atoms with Crippen LogP contribution in [0, 0.1) is 0 Å². The predicted octanol–water partition coefficient (Wildman–Crippen LogP) is 4.22. The highest BCUT2D eigenvalue weighted by atomic mass is 19.4. The number of rotatable bonds is 2. The summed E-state index contributed by atoms with van der Waals surface area (Å²) >= 11 is 0. The second-order valence-electron chi connectivity index (χ2n) is 6.56. The first-order valence-corrected chi connectivity index (χ1v) is 8.58. The predicted molar refractivity (Wildman–Crippen MR) is 93.0 cm³/mol. The van der Waals surface area contributed by atoms with E-state index in [1.165, 1.54) is 12.4 Å². The van der Waals surface area contributed by atoms with Crippen LogP contribution in [0.1, 0.15) is 17.7 Å². The summed E-state index contributed by atoms with van der Waals surface area (Å²) in [4.78, 5) is 4.14. The number of hydrogen-bond acceptors (Lipinski definition) is 3. The van der Waals surface area contributed by atoms with Gasteiger partial charge in [0.05, 0.1) is 5.56 Å². The standard InChI is InChI=1S/C19H14F3N5/c20-19(21,22)14-4-1-3-12(9-14)18-17(15-5-2-8-26(15)25-18)13-6-7-16-23-11-24-27(16)10-13/h1,3-4,6-7,9-11H,2,5,8H2. The van der Waals surface area contributed by atoms with Crippen LogP contribution in [-0.4, -0.2) is 24.4 Å². The van der Waals surface area contributed by atoms with E-state index >= 15 is 0 Å². The van der Waals surface area contributed by atoms with E-state index in [1.54, 1.807) is 10.6 Å². The SMILES string of the molecule is FC(F)(F)c1cccc(-c2nn3c(c2-c2ccc4ncnn4c2)CCC3)c1. The Kier molecular flexibility index (Phi) is 3.37. The summed E-state index contributed by atoms with van der Waals surface area (Å²) in [5, 5.41) is 8.79. The van der Waals surface area contributed by atoms with E-state index in [1.807, 2.05) is 23.0 Å². The van der Waals surface area contributed by atoms with Gasteiger partial charge in [-0.2, -0.15) is 23.4 Å². The lowest BCUT2D eigenvalue weighted by Gasteiger charge is -2.10. The van der Waals surface area contributed by atoms with E-state index in [0.717, 1.165) is 48.3 Å². The summed E-state index contributed by atoms with van der Waals surface area (Å²) in [6.45, 7) is 0.771. The number of halogens is 3. The summed E-state index contributed by atoms with van der Waals surface area (Å²) in [7, 11) is 0. The number of pyridine rings is 1. The quantitative estimate of drug-likeness (QED) is 0.531. The molecule has 1 aliphatic rings. The van der Waals surface area contributed by atoms with Crippen LogP contribution in [0.5, 0.6) is 0 Å². The van der Waals surface area contributed by atoms with Crippen molar-refractivity contribution < 1.29 is 13.2 Å². The largest absolute Gasteiger partial charge is 0.416 e. The Morgan fingerprint density at radius 2 is 1.93 bits per heavy atom. The Morgan fingerprint density at radius 1 is 1.04 bits per heavy atom. The Morgan fingerprint density at radius 3 is 2.78 bits per heavy atom. The minimum absolute atomic E-state index is 0.459. The first kappa shape index (κ1) is 16.0. The topological polar surface area (TPSA) is 48.0 Å². The van der Waals surface area contributed by atoms with Gasteiger partial charge in [-0.3, -0.25) is 4.68 Å². The zero-order valence-electron chi connectivity index (χ0n) is 14.1. The zero-order chi connectivity index (χ0) is 18.6. The molecule has 0 unspecified atom stereocenters. The molecule has 5 nitrogen and oxygen atoms in total. The van der Waals surface area contributed by atoms with Crippen molar-refractivity contribution in [3.8, 4) is 22.4 Å². The Balaban J connectivity index is 1.72. The first-order chi connectivity index (χ1) is 13.0. The van der Waals surface area contributed by atoms with Crippen LogP contribution in [0.3, 0.4) is 0 Å². The summed E-state index contributed by atoms with van der Waals surface area (Å²) in [5.74, 6) is 0. The van der Waals surface area contributed by atoms with Gasteiger partial charge < -0.3 is 0 Å². The highest BCUT2D eigenvalue weighted by Crippen LogP contribution is 2.39. The maximum absolute atomic E-state index is 13.2. The average molecular weight is 369 g/mol. The molecular weight excluding hydrogens is 355 g/mol. The van der Waals surface area contributed by atoms with E-state index in [-0.39, 0.29) is 0 Å². The number of alkyl halides is 3. The normalized spacial score (nSPS) is 14.0. The number of fused-ring (bicyclic) bond motifs is 2. The molecule has 0 amide bonds. The van der Waals surface area contributed by atoms with Gasteiger partial charge in [0.15, 0.2) is 5.65 Å². The summed E-state index contributed by atoms with van der Waals surface area (Å²) < 4.78 is 43.0. The number of benzene rings is 1. The molecule has 4 heterocycles. The minimum atomic E-state index is -4.39. The highest BCUT2D eigenvalue weighted by Gasteiger charge is 2.31. The van der Waals surface area contributed by atoms with Gasteiger partial charge >= 0.3 is 6.18 Å². The number of aryl methyl sites for hydroxylation is 1. The zero-order valence-corrected chi connectivity index (χ0v) is 14.1. The summed E-state index contributed by atoms with van der Waals surface area (Å²) in [6, 6.07) is 9.09. The van der Waals surface area contributed by atoms with Crippen LogP contribution in [0.4, 0.5) is 13.2 Å². The lowest BCUT2D eigenvalue weighted by atomic mass is 9.98. The van der Waals surface area contributed by atoms with Crippen molar-refractivity contribution in [2.45, 2.75) is 25.6 Å². The van der Waals surface area contributed by atoms with E-state index < -0.39 is 11.7 Å². The second-order valence-corrected chi connectivity index (χ2v) is 6.56. The molecule has 136 valence electrons. The van der Waals surface area contributed by atoms with Crippen LogP contribution < -0.4 is 0 Å². The van der Waals surface area contributed by atoms with Crippen molar-refractivity contribution in [3.05, 3.63) is 60.2 Å². The van der Waals surface area contributed by atoms with E-state index in [9.17, 15) is 13.2 Å². The van der Waals surface area contributed by atoms with Gasteiger partial charge in [0, 0.05) is 35.1 Å². The van der Waals surface area contributed by atoms with Crippen LogP contribution in [-0.2, 0) is 19.1 Å². The second kappa shape index (κ2) is 5.67. The van der Waals surface area contributed by atoms with Gasteiger partial charge in [0.1, 0.15) is 12.0 Å². The number of hydrogen-bond donors (Lipinski definition) is 0. The third-order valence-electron chi connectivity index (χ3n) is 4.87. The molecule has 0 saturated carbocycles. The molecule has 8 heteroatoms. The Hall–Kier alpha value is -3.16. The molecular formula is C19H14F3N5. The lowest BCUT2D eigenvalue weighted by molar-refractivity contribution is -0.137. The minimum Gasteiger partial charge on any atom is -0.268 e. The third-order valence-corrected chi connectivity index (χ3v) is 4.87. The van der Waals surface area contributed by atoms with Gasteiger partial charge in [-0.15, -0.1) is 0 Å². The van der Waals surface area contributed by atoms with Gasteiger partial charge in [-0.05, 0) is 37.1 Å². The average Bonchev–Trinajstić information content (AvgIpc) is 3.35. The monoisotopic (exact) mass is 369 g/mol. The molecule has 0 bridgehead atoms. The van der Waals surface area contributed by atoms with E-state index in [4.69, 9.17) is 0 Å². The summed E-state index contributed by atoms with van der Waals surface area (Å²) in [5.41, 5.74) is 3.83. The van der Waals surface area contributed by atoms with Crippen LogP contribution in [0.25, 0.3) is 28.0 Å². The van der Waals surface area contributed by atoms with Crippen LogP contribution >= 0.6 is 0 Å². The van der Waals surface area contributed by atoms with Crippen LogP contribution in [0.15, 0.2) is 48.9 Å². The van der Waals surface area contributed by atoms with E-state index in [2.05, 4.69) is 15.2 Å². The summed E-state index contributed by atoms with van der Waals surface area (Å²) in [6.07, 6.45) is 0.740. The molecule has 4 aromatic rings. The van der Waals surface area contributed by atoms with Crippen molar-refractivity contribution in [3.63, 3.8) is 0 Å². The van der Waals surface area contributed by atoms with Crippen LogP contribution in [0.2, 0.25) is 0 Å². The molecule has 0 N–H and O–H groups in total. The Labute approximate surface area is 152 Å². The molecule has 1 aliphatic heterocycles. The Bertz CT molecular complexity index is 1160. The fourth-order valence-electron chi connectivity index (χ4n) is 3.65. The first-order valence-electron chi connectivity index (χ1n) is 8.58. The van der Waals surface area contributed by atoms with Crippen molar-refractivity contribution in [1.82, 2.24) is 24.4 Å². The molecule has 1 aromatic carbocycles. The molecule has 0 spiro atoms. The van der Waals surface area contributed by atoms with Gasteiger partial charge in [0.25, 0.3) is 0 Å². The molecule has 0 saturated heterocycles. The fourth-order valence-corrected chi connectivity index (χ4v) is 3.65. The maximum atomic E-state index is 13.2. The molecule has 3 aromatic heterocycles. The fraction of sp³-hybridized carbons (Fsp3) is 0.211. The molecule has 27 heavy (non-hydrogen) atoms. The van der Waals surface area contributed by atoms with Crippen molar-refractivity contribution in [2.75, 3.05) is 0 Å². The molecule has 0 radical (unpaired) electrons. The molecule has 0 aliphatic carbocycles. The van der Waals surface area contributed by atoms with Gasteiger partial charge in [-0.1, -0.05) is 12.1 Å². The van der Waals surface area contributed by atoms with Gasteiger partial charge in [-0.25, -0.2) is 9.50 Å². The third kappa shape index (κ3) is 2.59. The van der Waals surface area contributed by atoms with Crippen molar-refractivity contribution in [1.29, 1.82) is 0 Å². The smallest absolute Gasteiger partial charge is 0.268 e. The van der Waals surface area contributed by atoms with Crippen molar-refractivity contribution >= 4 is 5.65 Å². The number of aromatic nitrogens is 5. The van der Waals surface area contributed by atoms with Gasteiger partial charge in [0.2, 0.25) is 0 Å². The molecule has 0 atom stereocenters. The van der Waals surface area contributed by atoms with Crippen molar-refractivity contribution in [2.24, 2.45) is 0 Å². The van der Waals surface area contributed by atoms with E-state index in [0.29, 0.717) is 16.9 Å². The lowest BCUT2D eigenvalue weighted by Crippen LogP contribution is -2.04. The molecule has 0 fully saturated rings. The maximum Gasteiger partial charge on any atom is 0.416 e. The number of nitrogens with zero attached hydrogens (tertiary/aromatic N) is 5.